The van der Waals surface area contributed by atoms with Gasteiger partial charge in [-0.3, -0.25) is 4.79 Å². The summed E-state index contributed by atoms with van der Waals surface area (Å²) in [6, 6.07) is 2.02. The molecule has 0 atom stereocenters. The maximum Gasteiger partial charge on any atom is 0.319 e. The Bertz CT molecular complexity index is 706. The van der Waals surface area contributed by atoms with Crippen molar-refractivity contribution in [1.82, 2.24) is 0 Å². The standard InChI is InChI=1S/C15H17ClFNO4S/c16-12-8-11(15(19)18-23(20)21)13(17)9-14(12)22-7-6-10-4-2-1-3-5-10/h8-10H,1-7H2. The average Bonchev–Trinajstić information content (AvgIpc) is 2.50. The van der Waals surface area contributed by atoms with Gasteiger partial charge in [0.15, 0.2) is 0 Å². The Morgan fingerprint density at radius 2 is 2.00 bits per heavy atom. The van der Waals surface area contributed by atoms with E-state index >= 15 is 0 Å². The minimum absolute atomic E-state index is 0.0466. The highest BCUT2D eigenvalue weighted by atomic mass is 35.5. The van der Waals surface area contributed by atoms with Crippen molar-refractivity contribution in [3.63, 3.8) is 0 Å². The summed E-state index contributed by atoms with van der Waals surface area (Å²) in [5.41, 5.74) is -0.501. The molecule has 0 aliphatic heterocycles. The number of ether oxygens (including phenoxy) is 1. The van der Waals surface area contributed by atoms with E-state index in [0.717, 1.165) is 18.6 Å². The maximum atomic E-state index is 13.9. The number of hydrogen-bond donors (Lipinski definition) is 0. The molecule has 1 aromatic rings. The van der Waals surface area contributed by atoms with Gasteiger partial charge in [-0.1, -0.05) is 48.1 Å². The van der Waals surface area contributed by atoms with Gasteiger partial charge < -0.3 is 4.74 Å². The van der Waals surface area contributed by atoms with E-state index in [1.54, 1.807) is 0 Å². The Balaban J connectivity index is 2.01. The first kappa shape index (κ1) is 17.9. The van der Waals surface area contributed by atoms with Crippen LogP contribution in [-0.4, -0.2) is 20.9 Å². The van der Waals surface area contributed by atoms with Gasteiger partial charge >= 0.3 is 10.5 Å². The second kappa shape index (κ2) is 8.40. The third kappa shape index (κ3) is 5.28. The summed E-state index contributed by atoms with van der Waals surface area (Å²) < 4.78 is 42.9. The van der Waals surface area contributed by atoms with E-state index < -0.39 is 27.8 Å². The zero-order valence-electron chi connectivity index (χ0n) is 12.4. The lowest BCUT2D eigenvalue weighted by atomic mass is 9.87. The van der Waals surface area contributed by atoms with Gasteiger partial charge in [0.1, 0.15) is 11.6 Å². The molecule has 8 heteroatoms. The van der Waals surface area contributed by atoms with Crippen LogP contribution in [0.15, 0.2) is 16.5 Å². The zero-order valence-corrected chi connectivity index (χ0v) is 14.0. The lowest BCUT2D eigenvalue weighted by Crippen LogP contribution is -2.11. The fourth-order valence-corrected chi connectivity index (χ4v) is 3.18. The molecule has 1 fully saturated rings. The van der Waals surface area contributed by atoms with Crippen molar-refractivity contribution in [2.45, 2.75) is 38.5 Å². The fourth-order valence-electron chi connectivity index (χ4n) is 2.73. The van der Waals surface area contributed by atoms with Gasteiger partial charge in [-0.15, -0.1) is 0 Å². The van der Waals surface area contributed by atoms with E-state index in [-0.39, 0.29) is 10.8 Å². The largest absolute Gasteiger partial charge is 0.492 e. The molecule has 0 spiro atoms. The van der Waals surface area contributed by atoms with Crippen LogP contribution in [0.2, 0.25) is 5.02 Å². The van der Waals surface area contributed by atoms with Crippen LogP contribution < -0.4 is 4.74 Å². The van der Waals surface area contributed by atoms with Crippen LogP contribution in [0.4, 0.5) is 4.39 Å². The quantitative estimate of drug-likeness (QED) is 0.793. The number of nitrogens with zero attached hydrogens (tertiary/aromatic N) is 1. The molecule has 0 N–H and O–H groups in total. The second-order valence-electron chi connectivity index (χ2n) is 5.52. The number of carbonyl (C=O) groups is 1. The van der Waals surface area contributed by atoms with Gasteiger partial charge in [-0.05, 0) is 18.4 Å². The minimum atomic E-state index is -2.94. The average molecular weight is 362 g/mol. The first-order valence-electron chi connectivity index (χ1n) is 7.44. The molecule has 1 aliphatic carbocycles. The van der Waals surface area contributed by atoms with Gasteiger partial charge in [0, 0.05) is 6.07 Å². The fraction of sp³-hybridized carbons (Fsp3) is 0.533. The van der Waals surface area contributed by atoms with Crippen molar-refractivity contribution >= 4 is 28.0 Å². The lowest BCUT2D eigenvalue weighted by molar-refractivity contribution is 0.100. The molecule has 1 aliphatic rings. The van der Waals surface area contributed by atoms with Crippen molar-refractivity contribution < 1.29 is 22.3 Å². The highest BCUT2D eigenvalue weighted by Gasteiger charge is 2.17. The molecule has 23 heavy (non-hydrogen) atoms. The highest BCUT2D eigenvalue weighted by Crippen LogP contribution is 2.30. The molecule has 0 unspecified atom stereocenters. The normalized spacial score (nSPS) is 15.2. The highest BCUT2D eigenvalue weighted by molar-refractivity contribution is 7.62. The van der Waals surface area contributed by atoms with Gasteiger partial charge in [-0.25, -0.2) is 4.39 Å². The molecular formula is C15H17ClFNO4S. The van der Waals surface area contributed by atoms with Crippen LogP contribution in [0.3, 0.4) is 0 Å². The minimum Gasteiger partial charge on any atom is -0.492 e. The molecule has 2 rings (SSSR count). The van der Waals surface area contributed by atoms with E-state index in [0.29, 0.717) is 12.5 Å². The summed E-state index contributed by atoms with van der Waals surface area (Å²) in [4.78, 5) is 11.5. The molecule has 5 nitrogen and oxygen atoms in total. The van der Waals surface area contributed by atoms with Crippen molar-refractivity contribution in [3.05, 3.63) is 28.5 Å². The summed E-state index contributed by atoms with van der Waals surface area (Å²) >= 11 is 5.96. The van der Waals surface area contributed by atoms with Gasteiger partial charge in [0.05, 0.1) is 17.2 Å². The first-order chi connectivity index (χ1) is 11.0. The van der Waals surface area contributed by atoms with Crippen LogP contribution in [0.5, 0.6) is 5.75 Å². The monoisotopic (exact) mass is 361 g/mol. The van der Waals surface area contributed by atoms with Gasteiger partial charge in [0.25, 0.3) is 5.91 Å². The van der Waals surface area contributed by atoms with Crippen molar-refractivity contribution in [2.24, 2.45) is 10.3 Å². The van der Waals surface area contributed by atoms with E-state index in [1.165, 1.54) is 32.1 Å². The summed E-state index contributed by atoms with van der Waals surface area (Å²) in [5, 5.41) is 0.0466. The molecule has 1 amide bonds. The molecule has 0 aromatic heterocycles. The SMILES string of the molecule is O=C(N=S(=O)=O)c1cc(Cl)c(OCCC2CCCCC2)cc1F. The van der Waals surface area contributed by atoms with Crippen LogP contribution in [-0.2, 0) is 10.5 Å². The Morgan fingerprint density at radius 1 is 1.30 bits per heavy atom. The Labute approximate surface area is 140 Å². The van der Waals surface area contributed by atoms with E-state index in [4.69, 9.17) is 16.3 Å². The summed E-state index contributed by atoms with van der Waals surface area (Å²) in [7, 11) is -2.94. The molecule has 0 heterocycles. The number of amides is 1. The summed E-state index contributed by atoms with van der Waals surface area (Å²) in [6.07, 6.45) is 7.01. The van der Waals surface area contributed by atoms with E-state index in [2.05, 4.69) is 4.36 Å². The molecular weight excluding hydrogens is 345 g/mol. The Hall–Kier alpha value is -1.47. The van der Waals surface area contributed by atoms with Crippen molar-refractivity contribution in [2.75, 3.05) is 6.61 Å². The molecule has 1 saturated carbocycles. The predicted octanol–water partition coefficient (Wildman–Crippen LogP) is 4.03. The van der Waals surface area contributed by atoms with Gasteiger partial charge in [-0.2, -0.15) is 8.42 Å². The number of benzene rings is 1. The molecule has 0 radical (unpaired) electrons. The summed E-state index contributed by atoms with van der Waals surface area (Å²) in [6.45, 7) is 0.423. The maximum absolute atomic E-state index is 13.9. The van der Waals surface area contributed by atoms with Crippen LogP contribution in [0.25, 0.3) is 0 Å². The van der Waals surface area contributed by atoms with Crippen molar-refractivity contribution in [1.29, 1.82) is 0 Å². The van der Waals surface area contributed by atoms with Crippen LogP contribution >= 0.6 is 11.6 Å². The Morgan fingerprint density at radius 3 is 2.65 bits per heavy atom. The second-order valence-corrected chi connectivity index (χ2v) is 6.54. The van der Waals surface area contributed by atoms with Gasteiger partial charge in [0.2, 0.25) is 0 Å². The van der Waals surface area contributed by atoms with Crippen molar-refractivity contribution in [3.8, 4) is 5.75 Å². The number of rotatable bonds is 5. The van der Waals surface area contributed by atoms with Crippen LogP contribution in [0, 0.1) is 11.7 Å². The number of carbonyl (C=O) groups excluding carboxylic acids is 1. The zero-order chi connectivity index (χ0) is 16.8. The predicted molar refractivity (Wildman–Crippen MR) is 83.8 cm³/mol. The smallest absolute Gasteiger partial charge is 0.319 e. The summed E-state index contributed by atoms with van der Waals surface area (Å²) in [5.74, 6) is -1.36. The number of halogens is 2. The van der Waals surface area contributed by atoms with E-state index in [9.17, 15) is 17.6 Å². The molecule has 0 bridgehead atoms. The number of hydrogen-bond acceptors (Lipinski definition) is 4. The first-order valence-corrected chi connectivity index (χ1v) is 8.85. The molecule has 1 aromatic carbocycles. The third-order valence-corrected chi connectivity index (χ3v) is 4.53. The van der Waals surface area contributed by atoms with E-state index in [1.807, 2.05) is 0 Å². The third-order valence-electron chi connectivity index (χ3n) is 3.92. The lowest BCUT2D eigenvalue weighted by Gasteiger charge is -2.21. The van der Waals surface area contributed by atoms with Crippen LogP contribution in [0.1, 0.15) is 48.9 Å². The molecule has 0 saturated heterocycles. The Kier molecular flexibility index (Phi) is 6.53. The molecule has 126 valence electrons. The topological polar surface area (TPSA) is 72.8 Å².